The summed E-state index contributed by atoms with van der Waals surface area (Å²) in [6.45, 7) is 5.52. The molecule has 0 unspecified atom stereocenters. The Balaban J connectivity index is 2.53. The molecule has 2 heterocycles. The van der Waals surface area contributed by atoms with Crippen LogP contribution in [0.5, 0.6) is 0 Å². The lowest BCUT2D eigenvalue weighted by Gasteiger charge is -2.24. The average Bonchev–Trinajstić information content (AvgIpc) is 2.59. The second kappa shape index (κ2) is 3.53. The molecule has 0 saturated carbocycles. The maximum atomic E-state index is 11.7. The van der Waals surface area contributed by atoms with Gasteiger partial charge in [-0.2, -0.15) is 0 Å². The summed E-state index contributed by atoms with van der Waals surface area (Å²) in [4.78, 5) is 0. The number of aromatic nitrogens is 3. The first-order valence-electron chi connectivity index (χ1n) is 5.17. The number of hydrogen-bond donors (Lipinski definition) is 1. The number of nitrogens with one attached hydrogen (secondary N) is 1. The zero-order valence-corrected chi connectivity index (χ0v) is 10.5. The number of hydrogen-bond acceptors (Lipinski definition) is 5. The van der Waals surface area contributed by atoms with E-state index >= 15 is 0 Å². The van der Waals surface area contributed by atoms with Crippen molar-refractivity contribution in [3.8, 4) is 0 Å². The SMILES string of the molecule is CC(C)(c1nnc2n1CCNC2)S(C)(=O)=O. The topological polar surface area (TPSA) is 76.9 Å². The summed E-state index contributed by atoms with van der Waals surface area (Å²) in [5, 5.41) is 11.2. The van der Waals surface area contributed by atoms with Crippen LogP contribution in [0.2, 0.25) is 0 Å². The van der Waals surface area contributed by atoms with Crippen molar-refractivity contribution < 1.29 is 8.42 Å². The first-order valence-corrected chi connectivity index (χ1v) is 7.06. The van der Waals surface area contributed by atoms with Crippen molar-refractivity contribution in [3.05, 3.63) is 11.6 Å². The third-order valence-electron chi connectivity index (χ3n) is 3.09. The van der Waals surface area contributed by atoms with Crippen LogP contribution in [0.15, 0.2) is 0 Å². The molecule has 0 atom stereocenters. The molecule has 16 heavy (non-hydrogen) atoms. The molecule has 1 aliphatic rings. The molecule has 90 valence electrons. The molecule has 1 aromatic rings. The van der Waals surface area contributed by atoms with Crippen molar-refractivity contribution in [2.75, 3.05) is 12.8 Å². The maximum absolute atomic E-state index is 11.7. The summed E-state index contributed by atoms with van der Waals surface area (Å²) in [5.41, 5.74) is 0. The largest absolute Gasteiger partial charge is 0.311 e. The Morgan fingerprint density at radius 1 is 1.38 bits per heavy atom. The fraction of sp³-hybridized carbons (Fsp3) is 0.778. The zero-order chi connectivity index (χ0) is 12.0. The summed E-state index contributed by atoms with van der Waals surface area (Å²) >= 11 is 0. The highest BCUT2D eigenvalue weighted by Gasteiger charge is 2.38. The van der Waals surface area contributed by atoms with E-state index in [4.69, 9.17) is 0 Å². The van der Waals surface area contributed by atoms with Gasteiger partial charge >= 0.3 is 0 Å². The van der Waals surface area contributed by atoms with Gasteiger partial charge in [0.25, 0.3) is 0 Å². The Bertz CT molecular complexity index is 504. The van der Waals surface area contributed by atoms with Crippen molar-refractivity contribution in [2.24, 2.45) is 0 Å². The molecule has 0 bridgehead atoms. The van der Waals surface area contributed by atoms with Crippen LogP contribution < -0.4 is 5.32 Å². The first kappa shape index (κ1) is 11.5. The van der Waals surface area contributed by atoms with Crippen LogP contribution in [0.25, 0.3) is 0 Å². The van der Waals surface area contributed by atoms with Crippen molar-refractivity contribution in [3.63, 3.8) is 0 Å². The molecule has 1 N–H and O–H groups in total. The van der Waals surface area contributed by atoms with Gasteiger partial charge in [-0.3, -0.25) is 0 Å². The molecule has 0 spiro atoms. The maximum Gasteiger partial charge on any atom is 0.159 e. The second-order valence-electron chi connectivity index (χ2n) is 4.55. The Morgan fingerprint density at radius 3 is 2.69 bits per heavy atom. The van der Waals surface area contributed by atoms with Gasteiger partial charge in [0.15, 0.2) is 15.7 Å². The molecule has 0 radical (unpaired) electrons. The van der Waals surface area contributed by atoms with E-state index in [1.165, 1.54) is 6.26 Å². The van der Waals surface area contributed by atoms with Crippen LogP contribution in [0, 0.1) is 0 Å². The van der Waals surface area contributed by atoms with Gasteiger partial charge in [0, 0.05) is 19.3 Å². The Morgan fingerprint density at radius 2 is 2.06 bits per heavy atom. The summed E-state index contributed by atoms with van der Waals surface area (Å²) in [6.07, 6.45) is 1.23. The van der Waals surface area contributed by atoms with Crippen LogP contribution in [0.3, 0.4) is 0 Å². The predicted molar refractivity (Wildman–Crippen MR) is 59.6 cm³/mol. The molecule has 0 aliphatic carbocycles. The first-order chi connectivity index (χ1) is 7.34. The number of fused-ring (bicyclic) bond motifs is 1. The van der Waals surface area contributed by atoms with Crippen LogP contribution in [-0.2, 0) is 27.7 Å². The molecule has 6 nitrogen and oxygen atoms in total. The van der Waals surface area contributed by atoms with E-state index in [1.54, 1.807) is 13.8 Å². The quantitative estimate of drug-likeness (QED) is 0.770. The van der Waals surface area contributed by atoms with Gasteiger partial charge in [-0.05, 0) is 13.8 Å². The van der Waals surface area contributed by atoms with Crippen LogP contribution in [-0.4, -0.2) is 36.0 Å². The van der Waals surface area contributed by atoms with Crippen molar-refractivity contribution >= 4 is 9.84 Å². The van der Waals surface area contributed by atoms with Gasteiger partial charge in [0.05, 0.1) is 6.54 Å². The summed E-state index contributed by atoms with van der Waals surface area (Å²) in [6, 6.07) is 0. The lowest BCUT2D eigenvalue weighted by atomic mass is 10.2. The van der Waals surface area contributed by atoms with Gasteiger partial charge in [0.1, 0.15) is 10.6 Å². The minimum absolute atomic E-state index is 0.534. The molecule has 7 heteroatoms. The minimum atomic E-state index is -3.20. The van der Waals surface area contributed by atoms with E-state index in [9.17, 15) is 8.42 Å². The molecule has 2 rings (SSSR count). The van der Waals surface area contributed by atoms with Crippen LogP contribution in [0.1, 0.15) is 25.5 Å². The molecule has 0 saturated heterocycles. The Hall–Kier alpha value is -0.950. The standard InChI is InChI=1S/C9H16N4O2S/c1-9(2,16(3,14)15)8-12-11-7-6-10-4-5-13(7)8/h10H,4-6H2,1-3H3. The fourth-order valence-corrected chi connectivity index (χ4v) is 2.19. The van der Waals surface area contributed by atoms with E-state index < -0.39 is 14.6 Å². The normalized spacial score (nSPS) is 17.2. The lowest BCUT2D eigenvalue weighted by molar-refractivity contribution is 0.470. The predicted octanol–water partition coefficient (Wildman–Crippen LogP) is -0.339. The summed E-state index contributed by atoms with van der Waals surface area (Å²) in [5.74, 6) is 1.34. The Labute approximate surface area is 95.0 Å². The molecule has 1 aliphatic heterocycles. The highest BCUT2D eigenvalue weighted by atomic mass is 32.2. The number of rotatable bonds is 2. The molecule has 0 aromatic carbocycles. The molecule has 1 aromatic heterocycles. The minimum Gasteiger partial charge on any atom is -0.311 e. The van der Waals surface area contributed by atoms with Crippen molar-refractivity contribution in [1.29, 1.82) is 0 Å². The fourth-order valence-electron chi connectivity index (χ4n) is 1.70. The monoisotopic (exact) mass is 244 g/mol. The third-order valence-corrected chi connectivity index (χ3v) is 5.12. The smallest absolute Gasteiger partial charge is 0.159 e. The highest BCUT2D eigenvalue weighted by Crippen LogP contribution is 2.28. The van der Waals surface area contributed by atoms with Gasteiger partial charge in [-0.15, -0.1) is 10.2 Å². The van der Waals surface area contributed by atoms with Crippen LogP contribution >= 0.6 is 0 Å². The molecular formula is C9H16N4O2S. The van der Waals surface area contributed by atoms with Crippen molar-refractivity contribution in [2.45, 2.75) is 31.7 Å². The molecule has 0 fully saturated rings. The average molecular weight is 244 g/mol. The Kier molecular flexibility index (Phi) is 2.54. The van der Waals surface area contributed by atoms with Crippen LogP contribution in [0.4, 0.5) is 0 Å². The molecule has 0 amide bonds. The highest BCUT2D eigenvalue weighted by molar-refractivity contribution is 7.91. The van der Waals surface area contributed by atoms with E-state index in [-0.39, 0.29) is 0 Å². The third kappa shape index (κ3) is 1.63. The van der Waals surface area contributed by atoms with Gasteiger partial charge in [0.2, 0.25) is 0 Å². The number of sulfone groups is 1. The summed E-state index contributed by atoms with van der Waals surface area (Å²) in [7, 11) is -3.20. The van der Waals surface area contributed by atoms with Gasteiger partial charge < -0.3 is 9.88 Å². The van der Waals surface area contributed by atoms with Gasteiger partial charge in [-0.25, -0.2) is 8.42 Å². The second-order valence-corrected chi connectivity index (χ2v) is 7.12. The van der Waals surface area contributed by atoms with Crippen molar-refractivity contribution in [1.82, 2.24) is 20.1 Å². The zero-order valence-electron chi connectivity index (χ0n) is 9.69. The van der Waals surface area contributed by atoms with E-state index in [0.717, 1.165) is 18.9 Å². The lowest BCUT2D eigenvalue weighted by Crippen LogP contribution is -2.35. The molecular weight excluding hydrogens is 228 g/mol. The van der Waals surface area contributed by atoms with Gasteiger partial charge in [-0.1, -0.05) is 0 Å². The van der Waals surface area contributed by atoms with E-state index in [1.807, 2.05) is 4.57 Å². The summed E-state index contributed by atoms with van der Waals surface area (Å²) < 4.78 is 24.4. The van der Waals surface area contributed by atoms with E-state index in [2.05, 4.69) is 15.5 Å². The number of nitrogens with zero attached hydrogens (tertiary/aromatic N) is 3. The van der Waals surface area contributed by atoms with E-state index in [0.29, 0.717) is 12.4 Å².